The lowest BCUT2D eigenvalue weighted by Gasteiger charge is -2.23. The molecule has 1 aromatic heterocycles. The molecule has 0 bridgehead atoms. The largest absolute Gasteiger partial charge is 0.370 e. The van der Waals surface area contributed by atoms with Crippen LogP contribution < -0.4 is 10.2 Å². The number of aromatic nitrogens is 2. The van der Waals surface area contributed by atoms with Crippen molar-refractivity contribution < 1.29 is 0 Å². The van der Waals surface area contributed by atoms with Crippen molar-refractivity contribution in [3.8, 4) is 0 Å². The molecule has 1 aromatic rings. The SMILES string of the molecule is CCNc1nc(C)nc(N(C)CC(C)C)c1C. The lowest BCUT2D eigenvalue weighted by molar-refractivity contribution is 0.632. The number of nitrogens with zero attached hydrogens (tertiary/aromatic N) is 3. The first-order chi connectivity index (χ1) is 7.95. The van der Waals surface area contributed by atoms with Gasteiger partial charge in [-0.2, -0.15) is 0 Å². The van der Waals surface area contributed by atoms with Crippen molar-refractivity contribution in [2.24, 2.45) is 5.92 Å². The third-order valence-corrected chi connectivity index (χ3v) is 2.58. The lowest BCUT2D eigenvalue weighted by Crippen LogP contribution is -2.25. The predicted molar refractivity (Wildman–Crippen MR) is 73.8 cm³/mol. The number of rotatable bonds is 5. The second-order valence-electron chi connectivity index (χ2n) is 4.87. The number of hydrogen-bond donors (Lipinski definition) is 1. The summed E-state index contributed by atoms with van der Waals surface area (Å²) in [6, 6.07) is 0. The summed E-state index contributed by atoms with van der Waals surface area (Å²) in [7, 11) is 2.09. The van der Waals surface area contributed by atoms with E-state index in [-0.39, 0.29) is 0 Å². The van der Waals surface area contributed by atoms with E-state index in [1.54, 1.807) is 0 Å². The van der Waals surface area contributed by atoms with E-state index < -0.39 is 0 Å². The van der Waals surface area contributed by atoms with Crippen molar-refractivity contribution >= 4 is 11.6 Å². The Labute approximate surface area is 104 Å². The standard InChI is InChI=1S/C13H24N4/c1-7-14-12-10(4)13(16-11(5)15-12)17(6)8-9(2)3/h9H,7-8H2,1-6H3,(H,14,15,16). The fraction of sp³-hybridized carbons (Fsp3) is 0.692. The maximum absolute atomic E-state index is 4.54. The highest BCUT2D eigenvalue weighted by atomic mass is 15.2. The third kappa shape index (κ3) is 3.58. The van der Waals surface area contributed by atoms with Crippen molar-refractivity contribution in [2.45, 2.75) is 34.6 Å². The Morgan fingerprint density at radius 1 is 1.24 bits per heavy atom. The lowest BCUT2D eigenvalue weighted by atomic mass is 10.2. The van der Waals surface area contributed by atoms with Crippen molar-refractivity contribution in [2.75, 3.05) is 30.4 Å². The summed E-state index contributed by atoms with van der Waals surface area (Å²) in [5.41, 5.74) is 1.13. The minimum absolute atomic E-state index is 0.622. The minimum atomic E-state index is 0.622. The Kier molecular flexibility index (Phi) is 4.73. The molecule has 0 saturated carbocycles. The van der Waals surface area contributed by atoms with Gasteiger partial charge in [0, 0.05) is 25.7 Å². The molecule has 4 heteroatoms. The van der Waals surface area contributed by atoms with Crippen LogP contribution in [0, 0.1) is 19.8 Å². The molecule has 0 aromatic carbocycles. The molecule has 0 saturated heterocycles. The Morgan fingerprint density at radius 3 is 2.41 bits per heavy atom. The molecular formula is C13H24N4. The monoisotopic (exact) mass is 236 g/mol. The van der Waals surface area contributed by atoms with Gasteiger partial charge in [0.2, 0.25) is 0 Å². The van der Waals surface area contributed by atoms with Gasteiger partial charge in [-0.25, -0.2) is 9.97 Å². The maximum atomic E-state index is 4.54. The molecule has 0 amide bonds. The van der Waals surface area contributed by atoms with E-state index in [4.69, 9.17) is 0 Å². The summed E-state index contributed by atoms with van der Waals surface area (Å²) in [4.78, 5) is 11.2. The van der Waals surface area contributed by atoms with Crippen molar-refractivity contribution in [1.82, 2.24) is 9.97 Å². The van der Waals surface area contributed by atoms with E-state index in [2.05, 4.69) is 54.9 Å². The van der Waals surface area contributed by atoms with E-state index in [1.165, 1.54) is 0 Å². The van der Waals surface area contributed by atoms with Crippen LogP contribution in [0.4, 0.5) is 11.6 Å². The van der Waals surface area contributed by atoms with Gasteiger partial charge in [-0.05, 0) is 26.7 Å². The Hall–Kier alpha value is -1.32. The summed E-state index contributed by atoms with van der Waals surface area (Å²) >= 11 is 0. The Bertz CT molecular complexity index is 374. The van der Waals surface area contributed by atoms with E-state index in [0.29, 0.717) is 5.92 Å². The fourth-order valence-corrected chi connectivity index (χ4v) is 1.96. The highest BCUT2D eigenvalue weighted by Gasteiger charge is 2.13. The number of nitrogens with one attached hydrogen (secondary N) is 1. The zero-order valence-electron chi connectivity index (χ0n) is 11.8. The molecule has 1 heterocycles. The molecule has 0 aliphatic rings. The maximum Gasteiger partial charge on any atom is 0.137 e. The molecular weight excluding hydrogens is 212 g/mol. The average Bonchev–Trinajstić information content (AvgIpc) is 2.22. The fourth-order valence-electron chi connectivity index (χ4n) is 1.96. The highest BCUT2D eigenvalue weighted by molar-refractivity contribution is 5.58. The van der Waals surface area contributed by atoms with Gasteiger partial charge in [0.25, 0.3) is 0 Å². The second-order valence-corrected chi connectivity index (χ2v) is 4.87. The molecule has 0 fully saturated rings. The zero-order valence-corrected chi connectivity index (χ0v) is 11.8. The molecule has 0 atom stereocenters. The van der Waals surface area contributed by atoms with E-state index in [1.807, 2.05) is 6.92 Å². The zero-order chi connectivity index (χ0) is 13.0. The Balaban J connectivity index is 3.05. The van der Waals surface area contributed by atoms with Crippen LogP contribution in [0.3, 0.4) is 0 Å². The van der Waals surface area contributed by atoms with Crippen molar-refractivity contribution in [1.29, 1.82) is 0 Å². The average molecular weight is 236 g/mol. The molecule has 1 N–H and O–H groups in total. The van der Waals surface area contributed by atoms with Gasteiger partial charge in [-0.3, -0.25) is 0 Å². The molecule has 1 rings (SSSR count). The van der Waals surface area contributed by atoms with Gasteiger partial charge >= 0.3 is 0 Å². The predicted octanol–water partition coefficient (Wildman–Crippen LogP) is 2.62. The van der Waals surface area contributed by atoms with Crippen LogP contribution in [0.1, 0.15) is 32.2 Å². The molecule has 96 valence electrons. The summed E-state index contributed by atoms with van der Waals surface area (Å²) in [6.07, 6.45) is 0. The first-order valence-corrected chi connectivity index (χ1v) is 6.26. The molecule has 0 aliphatic carbocycles. The Morgan fingerprint density at radius 2 is 1.88 bits per heavy atom. The first kappa shape index (κ1) is 13.7. The van der Waals surface area contributed by atoms with Gasteiger partial charge in [-0.1, -0.05) is 13.8 Å². The van der Waals surface area contributed by atoms with Crippen LogP contribution in [0.5, 0.6) is 0 Å². The van der Waals surface area contributed by atoms with Crippen LogP contribution >= 0.6 is 0 Å². The number of anilines is 2. The van der Waals surface area contributed by atoms with Crippen LogP contribution in [0.15, 0.2) is 0 Å². The molecule has 0 radical (unpaired) electrons. The molecule has 0 aliphatic heterocycles. The molecule has 17 heavy (non-hydrogen) atoms. The summed E-state index contributed by atoms with van der Waals surface area (Å²) in [5.74, 6) is 3.42. The van der Waals surface area contributed by atoms with Gasteiger partial charge < -0.3 is 10.2 Å². The van der Waals surface area contributed by atoms with Crippen molar-refractivity contribution in [3.05, 3.63) is 11.4 Å². The second kappa shape index (κ2) is 5.84. The molecule has 0 unspecified atom stereocenters. The summed E-state index contributed by atoms with van der Waals surface area (Å²) < 4.78 is 0. The summed E-state index contributed by atoms with van der Waals surface area (Å²) in [5, 5.41) is 3.29. The smallest absolute Gasteiger partial charge is 0.137 e. The normalized spacial score (nSPS) is 10.8. The van der Waals surface area contributed by atoms with Crippen LogP contribution in [0.2, 0.25) is 0 Å². The third-order valence-electron chi connectivity index (χ3n) is 2.58. The van der Waals surface area contributed by atoms with Crippen LogP contribution in [-0.4, -0.2) is 30.1 Å². The van der Waals surface area contributed by atoms with Gasteiger partial charge in [0.05, 0.1) is 0 Å². The number of hydrogen-bond acceptors (Lipinski definition) is 4. The molecule has 0 spiro atoms. The van der Waals surface area contributed by atoms with E-state index in [0.717, 1.165) is 36.1 Å². The quantitative estimate of drug-likeness (QED) is 0.853. The minimum Gasteiger partial charge on any atom is -0.370 e. The van der Waals surface area contributed by atoms with E-state index >= 15 is 0 Å². The summed E-state index contributed by atoms with van der Waals surface area (Å²) in [6.45, 7) is 12.4. The van der Waals surface area contributed by atoms with Crippen molar-refractivity contribution in [3.63, 3.8) is 0 Å². The number of aryl methyl sites for hydroxylation is 1. The van der Waals surface area contributed by atoms with Gasteiger partial charge in [-0.15, -0.1) is 0 Å². The van der Waals surface area contributed by atoms with E-state index in [9.17, 15) is 0 Å². The highest BCUT2D eigenvalue weighted by Crippen LogP contribution is 2.23. The van der Waals surface area contributed by atoms with Crippen LogP contribution in [0.25, 0.3) is 0 Å². The topological polar surface area (TPSA) is 41.1 Å². The molecule has 4 nitrogen and oxygen atoms in total. The van der Waals surface area contributed by atoms with Gasteiger partial charge in [0.1, 0.15) is 17.5 Å². The van der Waals surface area contributed by atoms with Gasteiger partial charge in [0.15, 0.2) is 0 Å². The van der Waals surface area contributed by atoms with Crippen LogP contribution in [-0.2, 0) is 0 Å². The first-order valence-electron chi connectivity index (χ1n) is 6.26.